The second-order valence-corrected chi connectivity index (χ2v) is 9.05. The first-order valence-corrected chi connectivity index (χ1v) is 11.5. The second-order valence-electron chi connectivity index (χ2n) is 8.64. The van der Waals surface area contributed by atoms with Crippen molar-refractivity contribution in [3.8, 4) is 5.75 Å². The van der Waals surface area contributed by atoms with Crippen LogP contribution in [0.15, 0.2) is 24.4 Å². The van der Waals surface area contributed by atoms with Crippen LogP contribution in [0, 0.1) is 0 Å². The molecule has 2 aromatic rings. The molecule has 1 aliphatic carbocycles. The Morgan fingerprint density at radius 2 is 2.03 bits per heavy atom. The third-order valence-corrected chi connectivity index (χ3v) is 6.78. The minimum Gasteiger partial charge on any atom is -0.492 e. The number of rotatable bonds is 1. The highest BCUT2D eigenvalue weighted by molar-refractivity contribution is 6.32. The van der Waals surface area contributed by atoms with Crippen LogP contribution in [-0.4, -0.2) is 63.7 Å². The maximum Gasteiger partial charge on any atom is 0.251 e. The molecule has 166 valence electrons. The fraction of sp³-hybridized carbons (Fsp3) is 0.591. The molecule has 0 radical (unpaired) electrons. The van der Waals surface area contributed by atoms with Gasteiger partial charge in [-0.25, -0.2) is 0 Å². The summed E-state index contributed by atoms with van der Waals surface area (Å²) >= 11 is 6.28. The lowest BCUT2D eigenvalue weighted by Crippen LogP contribution is -2.44. The standard InChI is InChI=1S/C22H28ClN5O3/c23-18-7-6-15-10-20(18)30-9-3-8-28-11-16(25-26-28)14-31-21-13-27(17-4-1-2-5-17)12-19(21)24-22(15)29/h6-7,10-11,17,19,21H,1-5,8-9,12-14H2,(H,24,29)/t19-,21-/m0/s1. The van der Waals surface area contributed by atoms with E-state index in [1.165, 1.54) is 25.7 Å². The number of nitrogens with one attached hydrogen (secondary N) is 1. The number of benzene rings is 1. The summed E-state index contributed by atoms with van der Waals surface area (Å²) in [5.74, 6) is 0.388. The fourth-order valence-electron chi connectivity index (χ4n) is 4.80. The summed E-state index contributed by atoms with van der Waals surface area (Å²) in [6.45, 7) is 3.16. The van der Waals surface area contributed by atoms with Crippen molar-refractivity contribution >= 4 is 17.5 Å². The number of hydrogen-bond acceptors (Lipinski definition) is 6. The van der Waals surface area contributed by atoms with Crippen molar-refractivity contribution in [3.63, 3.8) is 0 Å². The van der Waals surface area contributed by atoms with Crippen molar-refractivity contribution in [2.75, 3.05) is 19.7 Å². The van der Waals surface area contributed by atoms with Gasteiger partial charge < -0.3 is 14.8 Å². The molecular weight excluding hydrogens is 418 g/mol. The molecule has 1 aromatic heterocycles. The van der Waals surface area contributed by atoms with E-state index in [1.807, 2.05) is 10.9 Å². The van der Waals surface area contributed by atoms with Crippen molar-refractivity contribution < 1.29 is 14.3 Å². The number of carbonyl (C=O) groups excluding carboxylic acids is 1. The predicted molar refractivity (Wildman–Crippen MR) is 115 cm³/mol. The third-order valence-electron chi connectivity index (χ3n) is 6.47. The van der Waals surface area contributed by atoms with Crippen molar-refractivity contribution in [3.05, 3.63) is 40.7 Å². The third kappa shape index (κ3) is 4.71. The Bertz CT molecular complexity index is 930. The van der Waals surface area contributed by atoms with E-state index in [0.29, 0.717) is 42.1 Å². The lowest BCUT2D eigenvalue weighted by atomic mass is 10.1. The zero-order chi connectivity index (χ0) is 21.2. The Balaban J connectivity index is 1.39. The van der Waals surface area contributed by atoms with Crippen molar-refractivity contribution in [2.24, 2.45) is 0 Å². The zero-order valence-electron chi connectivity index (χ0n) is 17.5. The molecule has 2 aliphatic heterocycles. The molecule has 1 amide bonds. The monoisotopic (exact) mass is 445 g/mol. The first kappa shape index (κ1) is 20.7. The number of carbonyl (C=O) groups is 1. The molecule has 9 heteroatoms. The highest BCUT2D eigenvalue weighted by Gasteiger charge is 2.38. The van der Waals surface area contributed by atoms with Crippen LogP contribution in [0.3, 0.4) is 0 Å². The minimum absolute atomic E-state index is 0.0869. The van der Waals surface area contributed by atoms with Crippen LogP contribution in [0.1, 0.15) is 48.2 Å². The number of ether oxygens (including phenoxy) is 2. The Labute approximate surface area is 186 Å². The number of hydrogen-bond donors (Lipinski definition) is 1. The average Bonchev–Trinajstić information content (AvgIpc) is 3.51. The van der Waals surface area contributed by atoms with Gasteiger partial charge in [0.05, 0.1) is 36.6 Å². The van der Waals surface area contributed by atoms with Crippen LogP contribution in [-0.2, 0) is 17.9 Å². The molecule has 0 unspecified atom stereocenters. The van der Waals surface area contributed by atoms with Gasteiger partial charge in [0, 0.05) is 37.7 Å². The van der Waals surface area contributed by atoms with Crippen LogP contribution >= 0.6 is 11.6 Å². The summed E-state index contributed by atoms with van der Waals surface area (Å²) < 4.78 is 13.9. The predicted octanol–water partition coefficient (Wildman–Crippen LogP) is 2.66. The van der Waals surface area contributed by atoms with Gasteiger partial charge in [0.2, 0.25) is 0 Å². The van der Waals surface area contributed by atoms with E-state index in [1.54, 1.807) is 18.2 Å². The summed E-state index contributed by atoms with van der Waals surface area (Å²) in [6.07, 6.45) is 7.57. The molecule has 3 heterocycles. The number of aryl methyl sites for hydroxylation is 1. The van der Waals surface area contributed by atoms with Crippen LogP contribution < -0.4 is 10.1 Å². The van der Waals surface area contributed by atoms with Gasteiger partial charge in [-0.05, 0) is 31.0 Å². The highest BCUT2D eigenvalue weighted by atomic mass is 35.5. The Kier molecular flexibility index (Phi) is 6.11. The molecule has 8 nitrogen and oxygen atoms in total. The van der Waals surface area contributed by atoms with Gasteiger partial charge >= 0.3 is 0 Å². The number of likely N-dealkylation sites (tertiary alicyclic amines) is 1. The average molecular weight is 446 g/mol. The number of nitrogens with zero attached hydrogens (tertiary/aromatic N) is 4. The Morgan fingerprint density at radius 1 is 1.16 bits per heavy atom. The quantitative estimate of drug-likeness (QED) is 0.726. The first-order valence-electron chi connectivity index (χ1n) is 11.1. The maximum absolute atomic E-state index is 13.0. The van der Waals surface area contributed by atoms with Gasteiger partial charge in [0.1, 0.15) is 11.4 Å². The fourth-order valence-corrected chi connectivity index (χ4v) is 4.97. The molecule has 1 aromatic carbocycles. The largest absolute Gasteiger partial charge is 0.492 e. The van der Waals surface area contributed by atoms with Crippen molar-refractivity contribution in [1.82, 2.24) is 25.2 Å². The second kappa shape index (κ2) is 9.14. The molecule has 5 rings (SSSR count). The lowest BCUT2D eigenvalue weighted by molar-refractivity contribution is 0.0277. The summed E-state index contributed by atoms with van der Waals surface area (Å²) in [7, 11) is 0. The Morgan fingerprint density at radius 3 is 2.90 bits per heavy atom. The topological polar surface area (TPSA) is 81.5 Å². The van der Waals surface area contributed by atoms with Crippen LogP contribution in [0.25, 0.3) is 0 Å². The van der Waals surface area contributed by atoms with E-state index in [2.05, 4.69) is 20.5 Å². The molecule has 2 fully saturated rings. The lowest BCUT2D eigenvalue weighted by Gasteiger charge is -2.23. The summed E-state index contributed by atoms with van der Waals surface area (Å²) in [4.78, 5) is 15.5. The molecule has 4 bridgehead atoms. The van der Waals surface area contributed by atoms with Gasteiger partial charge in [0.25, 0.3) is 5.91 Å². The highest BCUT2D eigenvalue weighted by Crippen LogP contribution is 2.29. The molecule has 1 saturated carbocycles. The Hall–Kier alpha value is -2.16. The molecular formula is C22H28ClN5O3. The summed E-state index contributed by atoms with van der Waals surface area (Å²) in [5.41, 5.74) is 1.34. The van der Waals surface area contributed by atoms with Crippen LogP contribution in [0.2, 0.25) is 5.02 Å². The molecule has 1 saturated heterocycles. The normalized spacial score (nSPS) is 25.8. The van der Waals surface area contributed by atoms with Gasteiger partial charge in [-0.3, -0.25) is 14.4 Å². The molecule has 3 aliphatic rings. The van der Waals surface area contributed by atoms with E-state index in [0.717, 1.165) is 25.2 Å². The van der Waals surface area contributed by atoms with Crippen LogP contribution in [0.4, 0.5) is 0 Å². The first-order chi connectivity index (χ1) is 15.2. The van der Waals surface area contributed by atoms with Crippen molar-refractivity contribution in [1.29, 1.82) is 0 Å². The maximum atomic E-state index is 13.0. The van der Waals surface area contributed by atoms with E-state index >= 15 is 0 Å². The van der Waals surface area contributed by atoms with E-state index in [9.17, 15) is 4.79 Å². The molecule has 31 heavy (non-hydrogen) atoms. The molecule has 0 spiro atoms. The number of fused-ring (bicyclic) bond motifs is 5. The van der Waals surface area contributed by atoms with Gasteiger partial charge in [-0.15, -0.1) is 5.10 Å². The zero-order valence-corrected chi connectivity index (χ0v) is 18.3. The summed E-state index contributed by atoms with van der Waals surface area (Å²) in [6, 6.07) is 5.67. The summed E-state index contributed by atoms with van der Waals surface area (Å²) in [5, 5.41) is 12.1. The molecule has 2 atom stereocenters. The van der Waals surface area contributed by atoms with E-state index in [4.69, 9.17) is 21.1 Å². The van der Waals surface area contributed by atoms with Gasteiger partial charge in [-0.1, -0.05) is 29.7 Å². The minimum atomic E-state index is -0.133. The smallest absolute Gasteiger partial charge is 0.251 e. The molecule has 1 N–H and O–H groups in total. The van der Waals surface area contributed by atoms with Gasteiger partial charge in [-0.2, -0.15) is 0 Å². The number of halogens is 1. The number of amides is 1. The number of aromatic nitrogens is 3. The van der Waals surface area contributed by atoms with Crippen molar-refractivity contribution in [2.45, 2.75) is 63.4 Å². The SMILES string of the molecule is O=C1N[C@H]2CN(C3CCCC3)C[C@@H]2OCc2cn(nn2)CCCOc2cc1ccc2Cl. The van der Waals surface area contributed by atoms with E-state index < -0.39 is 0 Å². The van der Waals surface area contributed by atoms with Crippen LogP contribution in [0.5, 0.6) is 5.75 Å². The van der Waals surface area contributed by atoms with E-state index in [-0.39, 0.29) is 18.1 Å². The van der Waals surface area contributed by atoms with Gasteiger partial charge in [0.15, 0.2) is 0 Å².